The maximum atomic E-state index is 13.4. The Morgan fingerprint density at radius 2 is 1.97 bits per heavy atom. The fraction of sp³-hybridized carbons (Fsp3) is 0.423. The number of ether oxygens (including phenoxy) is 1. The highest BCUT2D eigenvalue weighted by Crippen LogP contribution is 2.55. The molecule has 170 valence electrons. The van der Waals surface area contributed by atoms with Crippen LogP contribution in [0.1, 0.15) is 25.8 Å². The number of aliphatic hydroxyl groups is 1. The number of hydrogen-bond donors (Lipinski definition) is 3. The molecule has 1 fully saturated rings. The summed E-state index contributed by atoms with van der Waals surface area (Å²) in [6, 6.07) is 17.9. The minimum atomic E-state index is -0.632. The van der Waals surface area contributed by atoms with Crippen LogP contribution in [0.4, 0.5) is 0 Å². The topological polar surface area (TPSA) is 77.6 Å². The Hall–Kier alpha value is -2.83. The van der Waals surface area contributed by atoms with Gasteiger partial charge in [-0.2, -0.15) is 0 Å². The lowest BCUT2D eigenvalue weighted by molar-refractivity contribution is -0.134. The van der Waals surface area contributed by atoms with Crippen molar-refractivity contribution in [1.29, 1.82) is 0 Å². The lowest BCUT2D eigenvalue weighted by Gasteiger charge is -2.26. The number of nitrogens with one attached hydrogen (secondary N) is 2. The number of hydrogen-bond acceptors (Lipinski definition) is 4. The quantitative estimate of drug-likeness (QED) is 0.432. The number of benzene rings is 2. The normalized spacial score (nSPS) is 20.8. The molecule has 1 aliphatic carbocycles. The molecule has 0 aliphatic heterocycles. The highest BCUT2D eigenvalue weighted by molar-refractivity contribution is 5.92. The Morgan fingerprint density at radius 3 is 2.72 bits per heavy atom. The lowest BCUT2D eigenvalue weighted by atomic mass is 9.91. The molecule has 3 atom stereocenters. The molecule has 1 saturated carbocycles. The number of rotatable bonds is 11. The summed E-state index contributed by atoms with van der Waals surface area (Å²) in [6.07, 6.45) is 2.08. The number of aromatic nitrogens is 1. The Morgan fingerprint density at radius 1 is 1.19 bits per heavy atom. The average Bonchev–Trinajstić information content (AvgIpc) is 3.34. The van der Waals surface area contributed by atoms with E-state index in [0.29, 0.717) is 26.2 Å². The zero-order valence-electron chi connectivity index (χ0n) is 18.9. The number of H-pyrrole nitrogens is 1. The van der Waals surface area contributed by atoms with E-state index in [9.17, 15) is 9.90 Å². The van der Waals surface area contributed by atoms with Crippen molar-refractivity contribution in [1.82, 2.24) is 15.2 Å². The molecule has 6 heteroatoms. The summed E-state index contributed by atoms with van der Waals surface area (Å²) < 4.78 is 5.85. The molecule has 1 heterocycles. The second kappa shape index (κ2) is 9.76. The lowest BCUT2D eigenvalue weighted by Crippen LogP contribution is -2.41. The molecule has 32 heavy (non-hydrogen) atoms. The number of carbonyl (C=O) groups excluding carboxylic acids is 1. The van der Waals surface area contributed by atoms with Gasteiger partial charge >= 0.3 is 0 Å². The number of aliphatic hydroxyl groups excluding tert-OH is 1. The first-order chi connectivity index (χ1) is 15.6. The van der Waals surface area contributed by atoms with E-state index in [2.05, 4.69) is 22.4 Å². The van der Waals surface area contributed by atoms with Crippen molar-refractivity contribution in [2.24, 2.45) is 5.92 Å². The Balaban J connectivity index is 1.32. The van der Waals surface area contributed by atoms with Crippen LogP contribution in [0, 0.1) is 5.92 Å². The van der Waals surface area contributed by atoms with Gasteiger partial charge in [0.05, 0.1) is 5.41 Å². The third kappa shape index (κ3) is 4.38. The van der Waals surface area contributed by atoms with Crippen molar-refractivity contribution >= 4 is 16.8 Å². The van der Waals surface area contributed by atoms with Crippen molar-refractivity contribution in [2.45, 2.75) is 31.8 Å². The molecule has 3 aromatic rings. The summed E-state index contributed by atoms with van der Waals surface area (Å²) in [5.74, 6) is 1.20. The molecule has 0 spiro atoms. The fourth-order valence-corrected chi connectivity index (χ4v) is 4.70. The van der Waals surface area contributed by atoms with E-state index in [1.807, 2.05) is 67.4 Å². The molecule has 1 amide bonds. The summed E-state index contributed by atoms with van der Waals surface area (Å²) in [7, 11) is 0. The van der Waals surface area contributed by atoms with E-state index in [1.54, 1.807) is 0 Å². The molecule has 4 rings (SSSR count). The molecule has 2 aromatic carbocycles. The van der Waals surface area contributed by atoms with Crippen molar-refractivity contribution in [3.05, 3.63) is 66.4 Å². The predicted molar refractivity (Wildman–Crippen MR) is 127 cm³/mol. The zero-order chi connectivity index (χ0) is 22.6. The fourth-order valence-electron chi connectivity index (χ4n) is 4.70. The van der Waals surface area contributed by atoms with Gasteiger partial charge in [0.1, 0.15) is 18.5 Å². The van der Waals surface area contributed by atoms with Gasteiger partial charge < -0.3 is 25.0 Å². The molecular formula is C26H33N3O3. The SMILES string of the molecule is CCN(CC)C(=O)[C@@]1(c2ccccc2)C[C@H]1CNCC(O)COc1cccc2[nH]ccc12. The van der Waals surface area contributed by atoms with Gasteiger partial charge in [0.2, 0.25) is 5.91 Å². The van der Waals surface area contributed by atoms with Crippen LogP contribution in [0.5, 0.6) is 5.75 Å². The van der Waals surface area contributed by atoms with Crippen molar-refractivity contribution < 1.29 is 14.6 Å². The molecule has 0 bridgehead atoms. The van der Waals surface area contributed by atoms with Gasteiger partial charge in [-0.15, -0.1) is 0 Å². The molecule has 1 unspecified atom stereocenters. The van der Waals surface area contributed by atoms with E-state index in [1.165, 1.54) is 0 Å². The van der Waals surface area contributed by atoms with Crippen LogP contribution in [-0.4, -0.2) is 59.8 Å². The first-order valence-electron chi connectivity index (χ1n) is 11.5. The van der Waals surface area contributed by atoms with Crippen molar-refractivity contribution in [3.8, 4) is 5.75 Å². The van der Waals surface area contributed by atoms with Gasteiger partial charge in [-0.1, -0.05) is 36.4 Å². The highest BCUT2D eigenvalue weighted by atomic mass is 16.5. The molecular weight excluding hydrogens is 402 g/mol. The van der Waals surface area contributed by atoms with E-state index >= 15 is 0 Å². The molecule has 6 nitrogen and oxygen atoms in total. The standard InChI is InChI=1S/C26H33N3O3/c1-3-29(4-2)25(31)26(19-9-6-5-7-10-19)15-20(26)16-27-17-21(30)18-32-24-12-8-11-23-22(24)13-14-28-23/h5-14,20-21,27-28,30H,3-4,15-18H2,1-2H3/t20-,21?,26+/m0/s1. The molecule has 1 aromatic heterocycles. The largest absolute Gasteiger partial charge is 0.490 e. The molecule has 1 aliphatic rings. The minimum Gasteiger partial charge on any atom is -0.490 e. The maximum Gasteiger partial charge on any atom is 0.233 e. The average molecular weight is 436 g/mol. The molecule has 0 saturated heterocycles. The summed E-state index contributed by atoms with van der Waals surface area (Å²) in [5, 5.41) is 14.8. The van der Waals surface area contributed by atoms with Gasteiger partial charge in [-0.05, 0) is 56.5 Å². The first-order valence-corrected chi connectivity index (χ1v) is 11.5. The Kier molecular flexibility index (Phi) is 6.82. The van der Waals surface area contributed by atoms with Gasteiger partial charge in [0, 0.05) is 36.7 Å². The third-order valence-corrected chi connectivity index (χ3v) is 6.58. The number of aromatic amines is 1. The van der Waals surface area contributed by atoms with Crippen LogP contribution in [-0.2, 0) is 10.2 Å². The van der Waals surface area contributed by atoms with Crippen LogP contribution in [0.3, 0.4) is 0 Å². The van der Waals surface area contributed by atoms with E-state index in [4.69, 9.17) is 4.74 Å². The molecule has 0 radical (unpaired) electrons. The number of amides is 1. The number of carbonyl (C=O) groups is 1. The third-order valence-electron chi connectivity index (χ3n) is 6.58. The van der Waals surface area contributed by atoms with Crippen molar-refractivity contribution in [3.63, 3.8) is 0 Å². The Labute approximate surface area is 189 Å². The van der Waals surface area contributed by atoms with Crippen LogP contribution in [0.2, 0.25) is 0 Å². The van der Waals surface area contributed by atoms with Crippen LogP contribution >= 0.6 is 0 Å². The van der Waals surface area contributed by atoms with E-state index < -0.39 is 11.5 Å². The summed E-state index contributed by atoms with van der Waals surface area (Å²) in [4.78, 5) is 18.5. The van der Waals surface area contributed by atoms with Crippen LogP contribution in [0.15, 0.2) is 60.8 Å². The summed E-state index contributed by atoms with van der Waals surface area (Å²) >= 11 is 0. The van der Waals surface area contributed by atoms with Crippen LogP contribution in [0.25, 0.3) is 10.9 Å². The van der Waals surface area contributed by atoms with Crippen molar-refractivity contribution in [2.75, 3.05) is 32.8 Å². The van der Waals surface area contributed by atoms with E-state index in [0.717, 1.165) is 28.6 Å². The van der Waals surface area contributed by atoms with E-state index in [-0.39, 0.29) is 18.4 Å². The Bertz CT molecular complexity index is 1030. The van der Waals surface area contributed by atoms with Crippen LogP contribution < -0.4 is 10.1 Å². The van der Waals surface area contributed by atoms with Gasteiger partial charge in [-0.25, -0.2) is 0 Å². The zero-order valence-corrected chi connectivity index (χ0v) is 18.9. The summed E-state index contributed by atoms with van der Waals surface area (Å²) in [5.41, 5.74) is 1.65. The minimum absolute atomic E-state index is 0.212. The monoisotopic (exact) mass is 435 g/mol. The number of fused-ring (bicyclic) bond motifs is 1. The molecule has 3 N–H and O–H groups in total. The second-order valence-corrected chi connectivity index (χ2v) is 8.53. The van der Waals surface area contributed by atoms with Gasteiger partial charge in [0.25, 0.3) is 0 Å². The predicted octanol–water partition coefficient (Wildman–Crippen LogP) is 3.32. The maximum absolute atomic E-state index is 13.4. The first kappa shape index (κ1) is 22.4. The second-order valence-electron chi connectivity index (χ2n) is 8.53. The number of nitrogens with zero attached hydrogens (tertiary/aromatic N) is 1. The van der Waals surface area contributed by atoms with Gasteiger partial charge in [0.15, 0.2) is 0 Å². The smallest absolute Gasteiger partial charge is 0.233 e. The summed E-state index contributed by atoms with van der Waals surface area (Å²) in [6.45, 7) is 6.81. The van der Waals surface area contributed by atoms with Gasteiger partial charge in [-0.3, -0.25) is 4.79 Å². The highest BCUT2D eigenvalue weighted by Gasteiger charge is 2.61. The number of likely N-dealkylation sites (N-methyl/N-ethyl adjacent to an activating group) is 1.